The molecule has 2 heterocycles. The van der Waals surface area contributed by atoms with Crippen molar-refractivity contribution in [2.75, 3.05) is 6.54 Å². The third-order valence-corrected chi connectivity index (χ3v) is 3.37. The largest absolute Gasteiger partial charge is 0.443 e. The van der Waals surface area contributed by atoms with Gasteiger partial charge in [-0.15, -0.1) is 0 Å². The molecule has 0 spiro atoms. The number of benzene rings is 1. The number of nitrogens with zero attached hydrogens (tertiary/aromatic N) is 2. The SMILES string of the molecule is CC1CC(c2ccc3ncoc3c2)CC[N]1. The van der Waals surface area contributed by atoms with Crippen LogP contribution in [0.25, 0.3) is 11.1 Å². The van der Waals surface area contributed by atoms with Crippen LogP contribution in [-0.2, 0) is 0 Å². The summed E-state index contributed by atoms with van der Waals surface area (Å²) in [7, 11) is 0. The summed E-state index contributed by atoms with van der Waals surface area (Å²) in [5.41, 5.74) is 3.20. The second-order valence-electron chi connectivity index (χ2n) is 4.56. The van der Waals surface area contributed by atoms with Gasteiger partial charge >= 0.3 is 0 Å². The molecule has 1 saturated heterocycles. The molecule has 0 bridgehead atoms. The lowest BCUT2D eigenvalue weighted by atomic mass is 9.87. The summed E-state index contributed by atoms with van der Waals surface area (Å²) < 4.78 is 5.34. The van der Waals surface area contributed by atoms with E-state index in [2.05, 4.69) is 29.4 Å². The summed E-state index contributed by atoms with van der Waals surface area (Å²) in [5.74, 6) is 0.627. The van der Waals surface area contributed by atoms with Crippen molar-refractivity contribution in [3.05, 3.63) is 30.2 Å². The van der Waals surface area contributed by atoms with Crippen molar-refractivity contribution in [3.8, 4) is 0 Å². The van der Waals surface area contributed by atoms with Crippen LogP contribution in [0.2, 0.25) is 0 Å². The third-order valence-electron chi connectivity index (χ3n) is 3.37. The summed E-state index contributed by atoms with van der Waals surface area (Å²) in [6, 6.07) is 6.84. The summed E-state index contributed by atoms with van der Waals surface area (Å²) in [6.07, 6.45) is 3.82. The molecule has 83 valence electrons. The van der Waals surface area contributed by atoms with Gasteiger partial charge in [-0.1, -0.05) is 6.07 Å². The van der Waals surface area contributed by atoms with Crippen molar-refractivity contribution in [1.29, 1.82) is 0 Å². The lowest BCUT2D eigenvalue weighted by Crippen LogP contribution is -2.29. The van der Waals surface area contributed by atoms with Gasteiger partial charge in [-0.25, -0.2) is 10.3 Å². The first-order valence-corrected chi connectivity index (χ1v) is 5.82. The molecule has 1 aliphatic heterocycles. The fourth-order valence-electron chi connectivity index (χ4n) is 2.48. The van der Waals surface area contributed by atoms with Crippen molar-refractivity contribution in [2.24, 2.45) is 0 Å². The maximum atomic E-state index is 5.34. The van der Waals surface area contributed by atoms with Crippen LogP contribution in [0.4, 0.5) is 0 Å². The average Bonchev–Trinajstić information content (AvgIpc) is 2.75. The van der Waals surface area contributed by atoms with Crippen molar-refractivity contribution in [1.82, 2.24) is 10.3 Å². The molecule has 3 nitrogen and oxygen atoms in total. The van der Waals surface area contributed by atoms with E-state index < -0.39 is 0 Å². The van der Waals surface area contributed by atoms with Gasteiger partial charge in [0.25, 0.3) is 0 Å². The van der Waals surface area contributed by atoms with Gasteiger partial charge in [-0.2, -0.15) is 0 Å². The van der Waals surface area contributed by atoms with Crippen molar-refractivity contribution in [2.45, 2.75) is 31.7 Å². The highest BCUT2D eigenvalue weighted by Gasteiger charge is 2.21. The van der Waals surface area contributed by atoms with Gasteiger partial charge in [-0.05, 0) is 43.4 Å². The highest BCUT2D eigenvalue weighted by Crippen LogP contribution is 2.30. The predicted octanol–water partition coefficient (Wildman–Crippen LogP) is 2.70. The van der Waals surface area contributed by atoms with E-state index in [-0.39, 0.29) is 0 Å². The molecule has 0 N–H and O–H groups in total. The Balaban J connectivity index is 1.92. The first kappa shape index (κ1) is 9.85. The minimum atomic E-state index is 0.490. The number of oxazole rings is 1. The second-order valence-corrected chi connectivity index (χ2v) is 4.56. The third kappa shape index (κ3) is 1.71. The van der Waals surface area contributed by atoms with E-state index in [9.17, 15) is 0 Å². The number of aromatic nitrogens is 1. The zero-order valence-corrected chi connectivity index (χ0v) is 9.39. The van der Waals surface area contributed by atoms with E-state index in [1.807, 2.05) is 6.07 Å². The normalized spacial score (nSPS) is 26.1. The van der Waals surface area contributed by atoms with Gasteiger partial charge in [-0.3, -0.25) is 0 Å². The molecule has 1 fully saturated rings. The lowest BCUT2D eigenvalue weighted by Gasteiger charge is -2.26. The number of hydrogen-bond donors (Lipinski definition) is 0. The number of rotatable bonds is 1. The molecule has 2 atom stereocenters. The summed E-state index contributed by atoms with van der Waals surface area (Å²) in [5, 5.41) is 4.52. The Kier molecular flexibility index (Phi) is 2.40. The highest BCUT2D eigenvalue weighted by molar-refractivity contribution is 5.72. The van der Waals surface area contributed by atoms with Gasteiger partial charge in [0.15, 0.2) is 12.0 Å². The fourth-order valence-corrected chi connectivity index (χ4v) is 2.48. The maximum absolute atomic E-state index is 5.34. The molecular formula is C13H15N2O. The molecular weight excluding hydrogens is 200 g/mol. The van der Waals surface area contributed by atoms with Crippen molar-refractivity contribution >= 4 is 11.1 Å². The smallest absolute Gasteiger partial charge is 0.181 e. The fraction of sp³-hybridized carbons (Fsp3) is 0.462. The van der Waals surface area contributed by atoms with Crippen LogP contribution in [0.3, 0.4) is 0 Å². The Morgan fingerprint density at radius 3 is 3.19 bits per heavy atom. The zero-order valence-electron chi connectivity index (χ0n) is 9.39. The Morgan fingerprint density at radius 2 is 2.31 bits per heavy atom. The highest BCUT2D eigenvalue weighted by atomic mass is 16.3. The van der Waals surface area contributed by atoms with E-state index in [4.69, 9.17) is 4.42 Å². The predicted molar refractivity (Wildman–Crippen MR) is 62.4 cm³/mol. The quantitative estimate of drug-likeness (QED) is 0.733. The van der Waals surface area contributed by atoms with Gasteiger partial charge in [0.1, 0.15) is 5.52 Å². The van der Waals surface area contributed by atoms with Crippen LogP contribution in [-0.4, -0.2) is 17.6 Å². The Hall–Kier alpha value is -1.35. The molecule has 1 aromatic heterocycles. The number of hydrogen-bond acceptors (Lipinski definition) is 2. The van der Waals surface area contributed by atoms with Crippen LogP contribution in [0.15, 0.2) is 29.0 Å². The first-order chi connectivity index (χ1) is 7.83. The summed E-state index contributed by atoms with van der Waals surface area (Å²) in [4.78, 5) is 4.13. The Bertz CT molecular complexity index is 491. The van der Waals surface area contributed by atoms with Crippen LogP contribution >= 0.6 is 0 Å². The minimum absolute atomic E-state index is 0.490. The van der Waals surface area contributed by atoms with Gasteiger partial charge < -0.3 is 4.42 Å². The Morgan fingerprint density at radius 1 is 1.38 bits per heavy atom. The maximum Gasteiger partial charge on any atom is 0.181 e. The van der Waals surface area contributed by atoms with Crippen molar-refractivity contribution < 1.29 is 4.42 Å². The van der Waals surface area contributed by atoms with Crippen LogP contribution in [0.5, 0.6) is 0 Å². The summed E-state index contributed by atoms with van der Waals surface area (Å²) in [6.45, 7) is 3.18. The second kappa shape index (κ2) is 3.91. The topological polar surface area (TPSA) is 40.1 Å². The first-order valence-electron chi connectivity index (χ1n) is 5.82. The van der Waals surface area contributed by atoms with Crippen molar-refractivity contribution in [3.63, 3.8) is 0 Å². The van der Waals surface area contributed by atoms with Crippen LogP contribution < -0.4 is 5.32 Å². The van der Waals surface area contributed by atoms with E-state index in [0.29, 0.717) is 12.0 Å². The van der Waals surface area contributed by atoms with E-state index >= 15 is 0 Å². The van der Waals surface area contributed by atoms with E-state index in [1.165, 1.54) is 12.0 Å². The molecule has 1 aliphatic rings. The van der Waals surface area contributed by atoms with Gasteiger partial charge in [0.2, 0.25) is 0 Å². The standard InChI is InChI=1S/C13H15N2O/c1-9-6-11(4-5-14-9)10-2-3-12-13(7-10)16-8-15-12/h2-3,7-9,11H,4-6H2,1H3. The molecule has 0 aliphatic carbocycles. The lowest BCUT2D eigenvalue weighted by molar-refractivity contribution is 0.374. The number of fused-ring (bicyclic) bond motifs is 1. The molecule has 1 aromatic carbocycles. The van der Waals surface area contributed by atoms with Gasteiger partial charge in [0.05, 0.1) is 0 Å². The molecule has 3 heteroatoms. The molecule has 0 amide bonds. The minimum Gasteiger partial charge on any atom is -0.443 e. The Labute approximate surface area is 94.9 Å². The van der Waals surface area contributed by atoms with Crippen LogP contribution in [0.1, 0.15) is 31.2 Å². The van der Waals surface area contributed by atoms with Crippen LogP contribution in [0, 0.1) is 0 Å². The molecule has 3 rings (SSSR count). The summed E-state index contributed by atoms with van der Waals surface area (Å²) >= 11 is 0. The molecule has 16 heavy (non-hydrogen) atoms. The average molecular weight is 215 g/mol. The molecule has 2 aromatic rings. The zero-order chi connectivity index (χ0) is 11.0. The molecule has 0 saturated carbocycles. The monoisotopic (exact) mass is 215 g/mol. The number of piperidine rings is 1. The molecule has 2 unspecified atom stereocenters. The van der Waals surface area contributed by atoms with Gasteiger partial charge in [0, 0.05) is 12.6 Å². The van der Waals surface area contributed by atoms with E-state index in [0.717, 1.165) is 30.5 Å². The van der Waals surface area contributed by atoms with E-state index in [1.54, 1.807) is 0 Å². The molecule has 1 radical (unpaired) electrons.